The number of hydrogen-bond donors (Lipinski definition) is 0. The second-order valence-corrected chi connectivity index (χ2v) is 14.3. The number of aromatic nitrogens is 2. The van der Waals surface area contributed by atoms with Crippen molar-refractivity contribution < 1.29 is 0 Å². The zero-order valence-corrected chi connectivity index (χ0v) is 27.1. The van der Waals surface area contributed by atoms with Crippen molar-refractivity contribution in [2.24, 2.45) is 0 Å². The van der Waals surface area contributed by atoms with Crippen LogP contribution in [0.4, 0.5) is 0 Å². The topological polar surface area (TPSA) is 9.34 Å². The molecule has 12 rings (SSSR count). The van der Waals surface area contributed by atoms with Crippen molar-refractivity contribution in [3.05, 3.63) is 158 Å². The molecule has 0 aliphatic heterocycles. The van der Waals surface area contributed by atoms with Crippen LogP contribution in [0.1, 0.15) is 0 Å². The third-order valence-corrected chi connectivity index (χ3v) is 12.0. The summed E-state index contributed by atoms with van der Waals surface area (Å²) in [7, 11) is 0. The van der Waals surface area contributed by atoms with E-state index in [9.17, 15) is 0 Å². The average molecular weight is 639 g/mol. The molecule has 0 aliphatic carbocycles. The molecule has 0 aliphatic rings. The SMILES string of the molecule is c1ccc2cc(-c3cc(-n4c5ccccc5c5c6c7ccccc7n7c8ccccc8c(cc54)c67)c4sc5ccccc5c4c3)ccc2c1. The number of thiophene rings is 1. The van der Waals surface area contributed by atoms with Crippen LogP contribution in [-0.4, -0.2) is 8.97 Å². The molecule has 8 aromatic carbocycles. The third kappa shape index (κ3) is 3.30. The molecule has 0 amide bonds. The summed E-state index contributed by atoms with van der Waals surface area (Å²) in [6, 6.07) is 58.6. The third-order valence-electron chi connectivity index (χ3n) is 10.8. The van der Waals surface area contributed by atoms with Gasteiger partial charge < -0.3 is 8.97 Å². The fraction of sp³-hybridized carbons (Fsp3) is 0. The van der Waals surface area contributed by atoms with Crippen LogP contribution in [0, 0.1) is 0 Å². The fourth-order valence-electron chi connectivity index (χ4n) is 8.73. The minimum Gasteiger partial charge on any atom is -0.308 e. The van der Waals surface area contributed by atoms with Gasteiger partial charge in [0, 0.05) is 47.8 Å². The maximum absolute atomic E-state index is 2.57. The Morgan fingerprint density at radius 3 is 1.88 bits per heavy atom. The van der Waals surface area contributed by atoms with Gasteiger partial charge in [-0.25, -0.2) is 0 Å². The van der Waals surface area contributed by atoms with E-state index in [1.54, 1.807) is 0 Å². The van der Waals surface area contributed by atoms with E-state index in [0.29, 0.717) is 0 Å². The lowest BCUT2D eigenvalue weighted by molar-refractivity contribution is 1.20. The summed E-state index contributed by atoms with van der Waals surface area (Å²) in [5, 5.41) is 13.0. The quantitative estimate of drug-likeness (QED) is 0.178. The Labute approximate surface area is 284 Å². The van der Waals surface area contributed by atoms with Crippen LogP contribution in [0.25, 0.3) is 108 Å². The van der Waals surface area contributed by atoms with Crippen molar-refractivity contribution in [1.29, 1.82) is 0 Å². The Morgan fingerprint density at radius 2 is 1.04 bits per heavy atom. The molecule has 0 saturated heterocycles. The van der Waals surface area contributed by atoms with Gasteiger partial charge in [-0.05, 0) is 70.4 Å². The Hall–Kier alpha value is -6.16. The van der Waals surface area contributed by atoms with Crippen molar-refractivity contribution in [1.82, 2.24) is 8.97 Å². The Bertz CT molecular complexity index is 3340. The maximum Gasteiger partial charge on any atom is 0.0647 e. The highest BCUT2D eigenvalue weighted by molar-refractivity contribution is 7.26. The lowest BCUT2D eigenvalue weighted by Crippen LogP contribution is -1.95. The number of hydrogen-bond acceptors (Lipinski definition) is 1. The molecule has 0 N–H and O–H groups in total. The molecule has 226 valence electrons. The van der Waals surface area contributed by atoms with Crippen molar-refractivity contribution in [2.75, 3.05) is 0 Å². The summed E-state index contributed by atoms with van der Waals surface area (Å²) in [5.74, 6) is 0. The number of fused-ring (bicyclic) bond motifs is 14. The zero-order chi connectivity index (χ0) is 31.8. The first-order chi connectivity index (χ1) is 24.3. The highest BCUT2D eigenvalue weighted by Crippen LogP contribution is 2.48. The molecular weight excluding hydrogens is 613 g/mol. The maximum atomic E-state index is 2.57. The summed E-state index contributed by atoms with van der Waals surface area (Å²) < 4.78 is 7.68. The number of para-hydroxylation sites is 3. The first-order valence-electron chi connectivity index (χ1n) is 16.9. The Balaban J connectivity index is 1.30. The van der Waals surface area contributed by atoms with Crippen LogP contribution in [0.15, 0.2) is 158 Å². The second-order valence-electron chi connectivity index (χ2n) is 13.3. The minimum absolute atomic E-state index is 1.23. The van der Waals surface area contributed by atoms with Gasteiger partial charge >= 0.3 is 0 Å². The Morgan fingerprint density at radius 1 is 0.388 bits per heavy atom. The number of nitrogens with zero attached hydrogens (tertiary/aromatic N) is 2. The van der Waals surface area contributed by atoms with Gasteiger partial charge in [-0.1, -0.05) is 109 Å². The highest BCUT2D eigenvalue weighted by Gasteiger charge is 2.25. The largest absolute Gasteiger partial charge is 0.308 e. The highest BCUT2D eigenvalue weighted by atomic mass is 32.1. The van der Waals surface area contributed by atoms with Gasteiger partial charge in [0.15, 0.2) is 0 Å². The number of rotatable bonds is 2. The van der Waals surface area contributed by atoms with Gasteiger partial charge in [0.25, 0.3) is 0 Å². The minimum atomic E-state index is 1.23. The summed E-state index contributed by atoms with van der Waals surface area (Å²) in [6.07, 6.45) is 0. The van der Waals surface area contributed by atoms with Gasteiger partial charge in [-0.2, -0.15) is 0 Å². The molecule has 3 heteroatoms. The van der Waals surface area contributed by atoms with Crippen molar-refractivity contribution in [3.63, 3.8) is 0 Å². The van der Waals surface area contributed by atoms with Crippen LogP contribution in [0.2, 0.25) is 0 Å². The molecule has 4 aromatic heterocycles. The molecule has 0 unspecified atom stereocenters. The van der Waals surface area contributed by atoms with Crippen LogP contribution in [0.3, 0.4) is 0 Å². The summed E-state index contributed by atoms with van der Waals surface area (Å²) >= 11 is 1.90. The summed E-state index contributed by atoms with van der Waals surface area (Å²) in [5.41, 5.74) is 10.0. The predicted octanol–water partition coefficient (Wildman–Crippen LogP) is 13.1. The molecule has 4 heterocycles. The lowest BCUT2D eigenvalue weighted by atomic mass is 9.98. The van der Waals surface area contributed by atoms with Gasteiger partial charge in [0.1, 0.15) is 0 Å². The van der Waals surface area contributed by atoms with Gasteiger partial charge in [0.2, 0.25) is 0 Å². The van der Waals surface area contributed by atoms with Crippen molar-refractivity contribution in [3.8, 4) is 16.8 Å². The van der Waals surface area contributed by atoms with Crippen molar-refractivity contribution >= 4 is 102 Å². The Kier molecular flexibility index (Phi) is 4.89. The smallest absolute Gasteiger partial charge is 0.0647 e. The first kappa shape index (κ1) is 25.9. The van der Waals surface area contributed by atoms with E-state index in [4.69, 9.17) is 0 Å². The van der Waals surface area contributed by atoms with E-state index in [0.717, 1.165) is 0 Å². The van der Waals surface area contributed by atoms with Crippen molar-refractivity contribution in [2.45, 2.75) is 0 Å². The first-order valence-corrected chi connectivity index (χ1v) is 17.7. The fourth-order valence-corrected chi connectivity index (χ4v) is 9.92. The van der Waals surface area contributed by atoms with Crippen LogP contribution < -0.4 is 0 Å². The molecule has 0 bridgehead atoms. The van der Waals surface area contributed by atoms with E-state index in [1.807, 2.05) is 11.3 Å². The molecule has 12 aromatic rings. The molecule has 2 nitrogen and oxygen atoms in total. The van der Waals surface area contributed by atoms with E-state index < -0.39 is 0 Å². The second kappa shape index (κ2) is 9.25. The molecule has 0 spiro atoms. The van der Waals surface area contributed by atoms with Crippen LogP contribution in [-0.2, 0) is 0 Å². The van der Waals surface area contributed by atoms with Gasteiger partial charge in [0.05, 0.1) is 38.0 Å². The van der Waals surface area contributed by atoms with E-state index in [2.05, 4.69) is 167 Å². The average Bonchev–Trinajstić information content (AvgIpc) is 3.89. The van der Waals surface area contributed by atoms with E-state index >= 15 is 0 Å². The van der Waals surface area contributed by atoms with Gasteiger partial charge in [-0.3, -0.25) is 0 Å². The predicted molar refractivity (Wildman–Crippen MR) is 211 cm³/mol. The molecule has 0 fully saturated rings. The summed E-state index contributed by atoms with van der Waals surface area (Å²) in [4.78, 5) is 0. The molecule has 0 atom stereocenters. The normalized spacial score (nSPS) is 12.5. The zero-order valence-electron chi connectivity index (χ0n) is 26.3. The van der Waals surface area contributed by atoms with E-state index in [-0.39, 0.29) is 0 Å². The summed E-state index contributed by atoms with van der Waals surface area (Å²) in [6.45, 7) is 0. The monoisotopic (exact) mass is 638 g/mol. The molecule has 0 saturated carbocycles. The standard InChI is InChI=1S/C46H26N2S/c1-2-12-28-23-29(22-21-27(28)11-1)30-24-36-32-14-6-10-20-42(32)49-46(36)41(25-30)47-38-18-8-4-15-33(38)43-40(47)26-35-31-13-3-7-17-37(31)48-39-19-9-5-16-34(39)44(43)45(35)48/h1-26H. The van der Waals surface area contributed by atoms with E-state index in [1.165, 1.54) is 108 Å². The molecule has 49 heavy (non-hydrogen) atoms. The lowest BCUT2D eigenvalue weighted by Gasteiger charge is -2.13. The molecule has 0 radical (unpaired) electrons. The van der Waals surface area contributed by atoms with Gasteiger partial charge in [-0.15, -0.1) is 11.3 Å². The number of benzene rings is 8. The molecular formula is C46H26N2S. The van der Waals surface area contributed by atoms with Crippen LogP contribution in [0.5, 0.6) is 0 Å². The van der Waals surface area contributed by atoms with Crippen LogP contribution >= 0.6 is 11.3 Å².